The zero-order chi connectivity index (χ0) is 24.3. The monoisotopic (exact) mass is 616 g/mol. The van der Waals surface area contributed by atoms with Crippen molar-refractivity contribution in [1.29, 1.82) is 0 Å². The van der Waals surface area contributed by atoms with E-state index in [0.29, 0.717) is 40.9 Å². The molecular formula is C21H25IN6O4S2. The zero-order valence-electron chi connectivity index (χ0n) is 18.6. The van der Waals surface area contributed by atoms with Crippen molar-refractivity contribution in [3.05, 3.63) is 51.1 Å². The Morgan fingerprint density at radius 2 is 2.09 bits per heavy atom. The number of fused-ring (bicyclic) bond motifs is 1. The SMILES string of the molecule is CC(C)CNS(=O)(=O)CCCn1c(SC2=COC(c3ccccc3I)O2)nc2c(N)ncnc21. The van der Waals surface area contributed by atoms with Crippen LogP contribution in [0.4, 0.5) is 5.82 Å². The molecule has 0 amide bonds. The van der Waals surface area contributed by atoms with Gasteiger partial charge in [0.2, 0.25) is 15.1 Å². The number of nitrogens with one attached hydrogen (secondary N) is 1. The van der Waals surface area contributed by atoms with Crippen molar-refractivity contribution in [2.75, 3.05) is 18.0 Å². The number of benzene rings is 1. The first-order valence-electron chi connectivity index (χ1n) is 10.6. The van der Waals surface area contributed by atoms with E-state index in [4.69, 9.17) is 15.2 Å². The quantitative estimate of drug-likeness (QED) is 0.328. The van der Waals surface area contributed by atoms with Gasteiger partial charge < -0.3 is 19.8 Å². The van der Waals surface area contributed by atoms with Crippen molar-refractivity contribution < 1.29 is 17.9 Å². The zero-order valence-corrected chi connectivity index (χ0v) is 22.4. The van der Waals surface area contributed by atoms with Crippen LogP contribution >= 0.6 is 34.4 Å². The number of anilines is 1. The minimum Gasteiger partial charge on any atom is -0.454 e. The smallest absolute Gasteiger partial charge is 0.268 e. The number of aromatic nitrogens is 4. The van der Waals surface area contributed by atoms with Gasteiger partial charge in [0.05, 0.1) is 5.75 Å². The summed E-state index contributed by atoms with van der Waals surface area (Å²) >= 11 is 3.50. The second kappa shape index (κ2) is 10.7. The maximum absolute atomic E-state index is 12.3. The molecule has 34 heavy (non-hydrogen) atoms. The van der Waals surface area contributed by atoms with E-state index in [0.717, 1.165) is 9.13 Å². The normalized spacial score (nSPS) is 16.0. The molecule has 1 aliphatic heterocycles. The van der Waals surface area contributed by atoms with Crippen LogP contribution in [0.25, 0.3) is 11.2 Å². The van der Waals surface area contributed by atoms with Crippen molar-refractivity contribution in [2.24, 2.45) is 5.92 Å². The molecule has 0 fully saturated rings. The van der Waals surface area contributed by atoms with E-state index >= 15 is 0 Å². The first-order chi connectivity index (χ1) is 16.2. The topological polar surface area (TPSA) is 134 Å². The third-order valence-corrected chi connectivity index (χ3v) is 8.20. The van der Waals surface area contributed by atoms with Gasteiger partial charge in [-0.3, -0.25) is 0 Å². The molecule has 2 aromatic heterocycles. The van der Waals surface area contributed by atoms with Gasteiger partial charge in [-0.05, 0) is 52.8 Å². The van der Waals surface area contributed by atoms with Crippen LogP contribution < -0.4 is 10.5 Å². The molecule has 4 rings (SSSR count). The Kier molecular flexibility index (Phi) is 7.84. The van der Waals surface area contributed by atoms with Gasteiger partial charge in [-0.15, -0.1) is 0 Å². The van der Waals surface area contributed by atoms with E-state index in [9.17, 15) is 8.42 Å². The minimum atomic E-state index is -3.37. The van der Waals surface area contributed by atoms with E-state index in [1.54, 1.807) is 6.26 Å². The lowest BCUT2D eigenvalue weighted by Crippen LogP contribution is -2.30. The van der Waals surface area contributed by atoms with Crippen LogP contribution in [0, 0.1) is 9.49 Å². The molecule has 0 radical (unpaired) electrons. The summed E-state index contributed by atoms with van der Waals surface area (Å²) in [6, 6.07) is 7.82. The van der Waals surface area contributed by atoms with E-state index in [1.807, 2.05) is 42.7 Å². The fraction of sp³-hybridized carbons (Fsp3) is 0.381. The Morgan fingerprint density at radius 1 is 1.29 bits per heavy atom. The first kappa shape index (κ1) is 25.0. The maximum Gasteiger partial charge on any atom is 0.268 e. The molecule has 1 unspecified atom stereocenters. The maximum atomic E-state index is 12.3. The van der Waals surface area contributed by atoms with E-state index in [-0.39, 0.29) is 17.5 Å². The molecule has 1 aromatic carbocycles. The van der Waals surface area contributed by atoms with Gasteiger partial charge in [0, 0.05) is 22.2 Å². The predicted octanol–water partition coefficient (Wildman–Crippen LogP) is 3.62. The minimum absolute atomic E-state index is 0.0130. The average molecular weight is 617 g/mol. The van der Waals surface area contributed by atoms with Crippen LogP contribution in [0.15, 0.2) is 47.1 Å². The Balaban J connectivity index is 1.50. The van der Waals surface area contributed by atoms with Gasteiger partial charge in [-0.25, -0.2) is 28.1 Å². The number of hydrogen-bond acceptors (Lipinski definition) is 9. The molecule has 0 saturated heterocycles. The van der Waals surface area contributed by atoms with Crippen LogP contribution in [0.3, 0.4) is 0 Å². The summed E-state index contributed by atoms with van der Waals surface area (Å²) in [5.41, 5.74) is 7.94. The summed E-state index contributed by atoms with van der Waals surface area (Å²) in [6.45, 7) is 4.71. The molecule has 182 valence electrons. The largest absolute Gasteiger partial charge is 0.454 e. The number of sulfonamides is 1. The molecule has 10 nitrogen and oxygen atoms in total. The lowest BCUT2D eigenvalue weighted by molar-refractivity contribution is -0.0279. The lowest BCUT2D eigenvalue weighted by atomic mass is 10.2. The predicted molar refractivity (Wildman–Crippen MR) is 139 cm³/mol. The van der Waals surface area contributed by atoms with Gasteiger partial charge in [0.25, 0.3) is 6.29 Å². The van der Waals surface area contributed by atoms with Crippen molar-refractivity contribution in [3.63, 3.8) is 0 Å². The number of rotatable bonds is 10. The van der Waals surface area contributed by atoms with Gasteiger partial charge in [0.1, 0.15) is 12.6 Å². The summed E-state index contributed by atoms with van der Waals surface area (Å²) < 4.78 is 41.8. The number of nitrogen functional groups attached to an aromatic ring is 1. The lowest BCUT2D eigenvalue weighted by Gasteiger charge is -2.13. The highest BCUT2D eigenvalue weighted by Gasteiger charge is 2.26. The Hall–Kier alpha value is -2.10. The third kappa shape index (κ3) is 5.93. The fourth-order valence-corrected chi connectivity index (χ4v) is 5.94. The fourth-order valence-electron chi connectivity index (χ4n) is 3.21. The summed E-state index contributed by atoms with van der Waals surface area (Å²) in [7, 11) is -3.37. The van der Waals surface area contributed by atoms with Crippen LogP contribution in [-0.4, -0.2) is 40.2 Å². The van der Waals surface area contributed by atoms with Crippen molar-refractivity contribution in [1.82, 2.24) is 24.2 Å². The second-order valence-corrected chi connectivity index (χ2v) is 12.1. The number of ether oxygens (including phenoxy) is 2. The number of nitrogens with two attached hydrogens (primary N) is 1. The molecule has 1 aliphatic rings. The van der Waals surface area contributed by atoms with Crippen LogP contribution in [0.1, 0.15) is 32.1 Å². The van der Waals surface area contributed by atoms with Gasteiger partial charge in [0.15, 0.2) is 22.1 Å². The molecule has 0 saturated carbocycles. The summed E-state index contributed by atoms with van der Waals surface area (Å²) in [5.74, 6) is 0.479. The molecule has 0 spiro atoms. The standard InChI is InChI=1S/C21H25IN6O4S2/c1-13(2)10-26-34(29,30)9-5-8-28-19-17(18(23)24-12-25-19)27-21(28)33-16-11-31-20(32-16)14-6-3-4-7-15(14)22/h3-4,6-7,11-13,20,26H,5,8-10H2,1-2H3,(H2,23,24,25). The molecule has 0 aliphatic carbocycles. The van der Waals surface area contributed by atoms with Gasteiger partial charge in [-0.1, -0.05) is 32.0 Å². The molecule has 3 aromatic rings. The van der Waals surface area contributed by atoms with Gasteiger partial charge in [-0.2, -0.15) is 0 Å². The van der Waals surface area contributed by atoms with Crippen molar-refractivity contribution >= 4 is 61.4 Å². The number of hydrogen-bond donors (Lipinski definition) is 2. The van der Waals surface area contributed by atoms with Crippen LogP contribution in [0.2, 0.25) is 0 Å². The van der Waals surface area contributed by atoms with Crippen LogP contribution in [0.5, 0.6) is 0 Å². The Labute approximate surface area is 215 Å². The van der Waals surface area contributed by atoms with E-state index < -0.39 is 16.3 Å². The third-order valence-electron chi connectivity index (χ3n) is 4.89. The summed E-state index contributed by atoms with van der Waals surface area (Å²) in [4.78, 5) is 12.9. The first-order valence-corrected chi connectivity index (χ1v) is 14.2. The van der Waals surface area contributed by atoms with Crippen molar-refractivity contribution in [2.45, 2.75) is 38.3 Å². The summed E-state index contributed by atoms with van der Waals surface area (Å²) in [5, 5.41) is 1.09. The number of aryl methyl sites for hydroxylation is 1. The number of nitrogens with zero attached hydrogens (tertiary/aromatic N) is 4. The summed E-state index contributed by atoms with van der Waals surface area (Å²) in [6.07, 6.45) is 2.75. The highest BCUT2D eigenvalue weighted by atomic mass is 127. The molecule has 3 N–H and O–H groups in total. The number of halogens is 1. The molecule has 1 atom stereocenters. The Bertz CT molecular complexity index is 1310. The highest BCUT2D eigenvalue weighted by molar-refractivity contribution is 14.1. The number of thioether (sulfide) groups is 1. The second-order valence-electron chi connectivity index (χ2n) is 8.04. The number of imidazole rings is 1. The van der Waals surface area contributed by atoms with Crippen LogP contribution in [-0.2, 0) is 26.0 Å². The molecule has 0 bridgehead atoms. The highest BCUT2D eigenvalue weighted by Crippen LogP contribution is 2.39. The molecular weight excluding hydrogens is 591 g/mol. The van der Waals surface area contributed by atoms with E-state index in [1.165, 1.54) is 18.1 Å². The van der Waals surface area contributed by atoms with Gasteiger partial charge >= 0.3 is 0 Å². The molecule has 13 heteroatoms. The Morgan fingerprint density at radius 3 is 2.85 bits per heavy atom. The van der Waals surface area contributed by atoms with Crippen molar-refractivity contribution in [3.8, 4) is 0 Å². The average Bonchev–Trinajstić information content (AvgIpc) is 3.39. The van der Waals surface area contributed by atoms with E-state index in [2.05, 4.69) is 42.3 Å². The molecule has 3 heterocycles.